The summed E-state index contributed by atoms with van der Waals surface area (Å²) in [6.07, 6.45) is 1.67. The summed E-state index contributed by atoms with van der Waals surface area (Å²) in [6.45, 7) is 1.51. The van der Waals surface area contributed by atoms with Crippen molar-refractivity contribution in [1.82, 2.24) is 4.90 Å². The van der Waals surface area contributed by atoms with Crippen molar-refractivity contribution in [2.45, 2.75) is 13.1 Å². The average Bonchev–Trinajstić information content (AvgIpc) is 2.50. The molecule has 2 aromatic carbocycles. The molecular formula is C18H22N2O2. The number of hydrogen-bond acceptors (Lipinski definition) is 4. The van der Waals surface area contributed by atoms with Crippen molar-refractivity contribution in [2.75, 3.05) is 21.2 Å². The first-order valence-electron chi connectivity index (χ1n) is 7.18. The lowest BCUT2D eigenvalue weighted by molar-refractivity contribution is 0.402. The maximum atomic E-state index is 9.80. The van der Waals surface area contributed by atoms with Gasteiger partial charge in [-0.15, -0.1) is 0 Å². The number of aromatic hydroxyl groups is 1. The van der Waals surface area contributed by atoms with Crippen LogP contribution < -0.4 is 4.74 Å². The Bertz CT molecular complexity index is 634. The molecule has 2 aromatic rings. The maximum absolute atomic E-state index is 9.80. The van der Waals surface area contributed by atoms with Gasteiger partial charge in [-0.1, -0.05) is 24.3 Å². The highest BCUT2D eigenvalue weighted by atomic mass is 16.5. The molecule has 0 saturated carbocycles. The van der Waals surface area contributed by atoms with Crippen LogP contribution in [0.2, 0.25) is 0 Å². The molecule has 1 N–H and O–H groups in total. The van der Waals surface area contributed by atoms with Gasteiger partial charge in [0.05, 0.1) is 13.7 Å². The Hall–Kier alpha value is -2.33. The van der Waals surface area contributed by atoms with E-state index in [-0.39, 0.29) is 5.75 Å². The van der Waals surface area contributed by atoms with Gasteiger partial charge in [0.1, 0.15) is 11.5 Å². The van der Waals surface area contributed by atoms with E-state index in [4.69, 9.17) is 4.74 Å². The van der Waals surface area contributed by atoms with Crippen molar-refractivity contribution in [1.29, 1.82) is 0 Å². The van der Waals surface area contributed by atoms with Crippen LogP contribution in [0.1, 0.15) is 16.7 Å². The first kappa shape index (κ1) is 16.0. The zero-order valence-corrected chi connectivity index (χ0v) is 13.3. The van der Waals surface area contributed by atoms with Crippen molar-refractivity contribution in [3.8, 4) is 11.5 Å². The lowest BCUT2D eigenvalue weighted by Crippen LogP contribution is -2.10. The zero-order valence-electron chi connectivity index (χ0n) is 13.3. The monoisotopic (exact) mass is 298 g/mol. The van der Waals surface area contributed by atoms with Gasteiger partial charge in [-0.2, -0.15) is 0 Å². The van der Waals surface area contributed by atoms with Crippen LogP contribution in [0.4, 0.5) is 0 Å². The fourth-order valence-electron chi connectivity index (χ4n) is 2.13. The van der Waals surface area contributed by atoms with E-state index in [0.29, 0.717) is 17.9 Å². The molecule has 0 aliphatic heterocycles. The Labute approximate surface area is 131 Å². The number of benzene rings is 2. The molecule has 0 spiro atoms. The van der Waals surface area contributed by atoms with E-state index in [0.717, 1.165) is 12.1 Å². The van der Waals surface area contributed by atoms with Crippen molar-refractivity contribution in [3.63, 3.8) is 0 Å². The van der Waals surface area contributed by atoms with Crippen LogP contribution >= 0.6 is 0 Å². The van der Waals surface area contributed by atoms with E-state index in [9.17, 15) is 5.11 Å². The van der Waals surface area contributed by atoms with Gasteiger partial charge in [0.15, 0.2) is 0 Å². The summed E-state index contributed by atoms with van der Waals surface area (Å²) >= 11 is 0. The SMILES string of the molecule is COc1ccc(O)c(C=NCc2ccc(CN(C)C)cc2)c1. The fraction of sp³-hybridized carbons (Fsp3) is 0.278. The van der Waals surface area contributed by atoms with E-state index in [1.807, 2.05) is 0 Å². The summed E-state index contributed by atoms with van der Waals surface area (Å²) in [4.78, 5) is 6.53. The molecule has 0 bridgehead atoms. The Morgan fingerprint density at radius 1 is 1.09 bits per heavy atom. The molecule has 0 aliphatic carbocycles. The number of phenolic OH excluding ortho intramolecular Hbond substituents is 1. The number of aliphatic imine (C=N–C) groups is 1. The summed E-state index contributed by atoms with van der Waals surface area (Å²) in [5, 5.41) is 9.80. The number of rotatable bonds is 6. The summed E-state index contributed by atoms with van der Waals surface area (Å²) in [7, 11) is 5.71. The maximum Gasteiger partial charge on any atom is 0.124 e. The van der Waals surface area contributed by atoms with E-state index in [1.54, 1.807) is 31.5 Å². The van der Waals surface area contributed by atoms with Crippen LogP contribution in [0.25, 0.3) is 0 Å². The molecule has 0 fully saturated rings. The largest absolute Gasteiger partial charge is 0.507 e. The molecule has 0 amide bonds. The first-order valence-corrected chi connectivity index (χ1v) is 7.18. The Balaban J connectivity index is 2.00. The summed E-state index contributed by atoms with van der Waals surface area (Å²) in [5.74, 6) is 0.901. The van der Waals surface area contributed by atoms with Crippen LogP contribution in [-0.2, 0) is 13.1 Å². The summed E-state index contributed by atoms with van der Waals surface area (Å²) in [6, 6.07) is 13.5. The third-order valence-electron chi connectivity index (χ3n) is 3.26. The molecule has 0 saturated heterocycles. The normalized spacial score (nSPS) is 11.3. The molecule has 0 radical (unpaired) electrons. The fourth-order valence-corrected chi connectivity index (χ4v) is 2.13. The van der Waals surface area contributed by atoms with Crippen molar-refractivity contribution in [2.24, 2.45) is 4.99 Å². The van der Waals surface area contributed by atoms with E-state index < -0.39 is 0 Å². The van der Waals surface area contributed by atoms with Crippen molar-refractivity contribution in [3.05, 3.63) is 59.2 Å². The number of nitrogens with zero attached hydrogens (tertiary/aromatic N) is 2. The second-order valence-electron chi connectivity index (χ2n) is 5.45. The molecule has 0 unspecified atom stereocenters. The van der Waals surface area contributed by atoms with Crippen molar-refractivity contribution < 1.29 is 9.84 Å². The van der Waals surface area contributed by atoms with Crippen molar-refractivity contribution >= 4 is 6.21 Å². The first-order chi connectivity index (χ1) is 10.6. The Morgan fingerprint density at radius 2 is 1.77 bits per heavy atom. The minimum Gasteiger partial charge on any atom is -0.507 e. The smallest absolute Gasteiger partial charge is 0.124 e. The number of ether oxygens (including phenoxy) is 1. The van der Waals surface area contributed by atoms with Gasteiger partial charge in [0.2, 0.25) is 0 Å². The van der Waals surface area contributed by atoms with Crippen LogP contribution in [0.5, 0.6) is 11.5 Å². The van der Waals surface area contributed by atoms with Gasteiger partial charge < -0.3 is 14.7 Å². The van der Waals surface area contributed by atoms with E-state index >= 15 is 0 Å². The van der Waals surface area contributed by atoms with Gasteiger partial charge in [-0.25, -0.2) is 0 Å². The quantitative estimate of drug-likeness (QED) is 0.834. The molecule has 0 aromatic heterocycles. The predicted octanol–water partition coefficient (Wildman–Crippen LogP) is 3.08. The number of phenols is 1. The van der Waals surface area contributed by atoms with Crippen LogP contribution in [0.15, 0.2) is 47.5 Å². The molecule has 0 atom stereocenters. The average molecular weight is 298 g/mol. The molecule has 4 heteroatoms. The molecule has 116 valence electrons. The van der Waals surface area contributed by atoms with Crippen LogP contribution in [0.3, 0.4) is 0 Å². The van der Waals surface area contributed by atoms with Crippen LogP contribution in [0, 0.1) is 0 Å². The topological polar surface area (TPSA) is 45.1 Å². The molecule has 4 nitrogen and oxygen atoms in total. The van der Waals surface area contributed by atoms with Gasteiger partial charge in [0, 0.05) is 18.3 Å². The van der Waals surface area contributed by atoms with Gasteiger partial charge >= 0.3 is 0 Å². The highest BCUT2D eigenvalue weighted by molar-refractivity contribution is 5.84. The second-order valence-corrected chi connectivity index (χ2v) is 5.45. The molecule has 0 heterocycles. The number of methoxy groups -OCH3 is 1. The highest BCUT2D eigenvalue weighted by Crippen LogP contribution is 2.21. The predicted molar refractivity (Wildman–Crippen MR) is 89.8 cm³/mol. The molecule has 0 aliphatic rings. The third kappa shape index (κ3) is 4.60. The lowest BCUT2D eigenvalue weighted by Gasteiger charge is -2.09. The van der Waals surface area contributed by atoms with Gasteiger partial charge in [-0.3, -0.25) is 4.99 Å². The zero-order chi connectivity index (χ0) is 15.9. The van der Waals surface area contributed by atoms with Gasteiger partial charge in [-0.05, 0) is 43.4 Å². The standard InChI is InChI=1S/C18H22N2O2/c1-20(2)13-15-6-4-14(5-7-15)11-19-12-16-10-17(22-3)8-9-18(16)21/h4-10,12,21H,11,13H2,1-3H3. The van der Waals surface area contributed by atoms with E-state index in [1.165, 1.54) is 5.56 Å². The molecular weight excluding hydrogens is 276 g/mol. The van der Waals surface area contributed by atoms with Crippen LogP contribution in [-0.4, -0.2) is 37.4 Å². The van der Waals surface area contributed by atoms with Gasteiger partial charge in [0.25, 0.3) is 0 Å². The van der Waals surface area contributed by atoms with E-state index in [2.05, 4.69) is 48.3 Å². The highest BCUT2D eigenvalue weighted by Gasteiger charge is 2.00. The minimum absolute atomic E-state index is 0.200. The number of hydrogen-bond donors (Lipinski definition) is 1. The Kier molecular flexibility index (Phi) is 5.55. The lowest BCUT2D eigenvalue weighted by atomic mass is 10.1. The second kappa shape index (κ2) is 7.61. The Morgan fingerprint density at radius 3 is 2.41 bits per heavy atom. The molecule has 22 heavy (non-hydrogen) atoms. The summed E-state index contributed by atoms with van der Waals surface area (Å²) in [5.41, 5.74) is 3.08. The summed E-state index contributed by atoms with van der Waals surface area (Å²) < 4.78 is 5.14. The minimum atomic E-state index is 0.200. The third-order valence-corrected chi connectivity index (χ3v) is 3.26. The molecule has 2 rings (SSSR count).